The van der Waals surface area contributed by atoms with Gasteiger partial charge in [0, 0.05) is 23.4 Å². The van der Waals surface area contributed by atoms with Gasteiger partial charge >= 0.3 is 0 Å². The van der Waals surface area contributed by atoms with Crippen molar-refractivity contribution in [2.75, 3.05) is 17.9 Å². The zero-order chi connectivity index (χ0) is 22.8. The van der Waals surface area contributed by atoms with Gasteiger partial charge < -0.3 is 14.8 Å². The maximum atomic E-state index is 12.7. The SMILES string of the molecule is Cc1cccc(-c2nnc(SCC(=O)Nc3ccc4c(c3)OCO4)n2[C@H]2CCCC[C@@H]2C)c1. The Labute approximate surface area is 197 Å². The number of carbonyl (C=O) groups excluding carboxylic acids is 1. The van der Waals surface area contributed by atoms with E-state index in [1.54, 1.807) is 12.1 Å². The monoisotopic (exact) mass is 464 g/mol. The lowest BCUT2D eigenvalue weighted by atomic mass is 9.85. The maximum absolute atomic E-state index is 12.7. The van der Waals surface area contributed by atoms with Crippen LogP contribution in [0.4, 0.5) is 5.69 Å². The number of thioether (sulfide) groups is 1. The molecule has 0 bridgehead atoms. The van der Waals surface area contributed by atoms with Gasteiger partial charge in [-0.2, -0.15) is 0 Å². The van der Waals surface area contributed by atoms with Crippen molar-refractivity contribution in [3.8, 4) is 22.9 Å². The number of nitrogens with one attached hydrogen (secondary N) is 1. The molecule has 2 aliphatic rings. The van der Waals surface area contributed by atoms with Crippen molar-refractivity contribution in [1.29, 1.82) is 0 Å². The quantitative estimate of drug-likeness (QED) is 0.488. The van der Waals surface area contributed by atoms with E-state index < -0.39 is 0 Å². The van der Waals surface area contributed by atoms with Crippen molar-refractivity contribution in [1.82, 2.24) is 14.8 Å². The molecule has 8 heteroatoms. The van der Waals surface area contributed by atoms with Crippen molar-refractivity contribution < 1.29 is 14.3 Å². The van der Waals surface area contributed by atoms with Crippen LogP contribution in [0.2, 0.25) is 0 Å². The summed E-state index contributed by atoms with van der Waals surface area (Å²) < 4.78 is 13.0. The Hall–Kier alpha value is -3.00. The Kier molecular flexibility index (Phi) is 6.26. The zero-order valence-electron chi connectivity index (χ0n) is 18.9. The van der Waals surface area contributed by atoms with Gasteiger partial charge in [-0.15, -0.1) is 10.2 Å². The van der Waals surface area contributed by atoms with E-state index in [1.807, 2.05) is 6.07 Å². The summed E-state index contributed by atoms with van der Waals surface area (Å²) in [6, 6.07) is 14.1. The van der Waals surface area contributed by atoms with Gasteiger partial charge in [0.05, 0.1) is 5.75 Å². The number of fused-ring (bicyclic) bond motifs is 1. The van der Waals surface area contributed by atoms with Crippen LogP contribution in [0.1, 0.15) is 44.2 Å². The van der Waals surface area contributed by atoms with Crippen molar-refractivity contribution in [2.45, 2.75) is 50.7 Å². The number of anilines is 1. The Balaban J connectivity index is 1.35. The first kappa shape index (κ1) is 21.8. The average Bonchev–Trinajstić information content (AvgIpc) is 3.45. The highest BCUT2D eigenvalue weighted by molar-refractivity contribution is 7.99. The fourth-order valence-electron chi connectivity index (χ4n) is 4.64. The van der Waals surface area contributed by atoms with Crippen LogP contribution in [-0.2, 0) is 4.79 Å². The lowest BCUT2D eigenvalue weighted by molar-refractivity contribution is -0.113. The fraction of sp³-hybridized carbons (Fsp3) is 0.400. The largest absolute Gasteiger partial charge is 0.454 e. The highest BCUT2D eigenvalue weighted by Gasteiger charge is 2.29. The van der Waals surface area contributed by atoms with Crippen LogP contribution in [0, 0.1) is 12.8 Å². The predicted molar refractivity (Wildman–Crippen MR) is 129 cm³/mol. The highest BCUT2D eigenvalue weighted by atomic mass is 32.2. The first-order valence-corrected chi connectivity index (χ1v) is 12.4. The van der Waals surface area contributed by atoms with E-state index in [9.17, 15) is 4.79 Å². The molecule has 1 aliphatic carbocycles. The number of amides is 1. The molecule has 1 saturated carbocycles. The molecule has 1 amide bonds. The minimum atomic E-state index is -0.0952. The van der Waals surface area contributed by atoms with E-state index >= 15 is 0 Å². The molecule has 1 fully saturated rings. The van der Waals surface area contributed by atoms with Crippen LogP contribution in [0.25, 0.3) is 11.4 Å². The van der Waals surface area contributed by atoms with Crippen molar-refractivity contribution in [2.24, 2.45) is 5.92 Å². The molecule has 3 aromatic rings. The summed E-state index contributed by atoms with van der Waals surface area (Å²) in [7, 11) is 0. The van der Waals surface area contributed by atoms with E-state index in [-0.39, 0.29) is 18.5 Å². The third-order valence-corrected chi connectivity index (χ3v) is 7.27. The van der Waals surface area contributed by atoms with E-state index in [2.05, 4.69) is 58.2 Å². The second-order valence-corrected chi connectivity index (χ2v) is 9.72. The second-order valence-electron chi connectivity index (χ2n) is 8.78. The number of hydrogen-bond acceptors (Lipinski definition) is 6. The molecule has 2 aromatic carbocycles. The van der Waals surface area contributed by atoms with Crippen LogP contribution < -0.4 is 14.8 Å². The summed E-state index contributed by atoms with van der Waals surface area (Å²) in [5, 5.41) is 12.8. The van der Waals surface area contributed by atoms with Gasteiger partial charge in [-0.3, -0.25) is 9.36 Å². The molecule has 0 spiro atoms. The lowest BCUT2D eigenvalue weighted by Gasteiger charge is -2.31. The molecule has 172 valence electrons. The molecule has 5 rings (SSSR count). The van der Waals surface area contributed by atoms with Crippen LogP contribution >= 0.6 is 11.8 Å². The standard InChI is InChI=1S/C25H28N4O3S/c1-16-6-5-8-18(12-16)24-27-28-25(29(24)20-9-4-3-7-17(20)2)33-14-23(30)26-19-10-11-21-22(13-19)32-15-31-21/h5-6,8,10-13,17,20H,3-4,7,9,14-15H2,1-2H3,(H,26,30)/t17-,20-/m0/s1. The minimum absolute atomic E-state index is 0.0952. The molecule has 0 unspecified atom stereocenters. The number of ether oxygens (including phenoxy) is 2. The summed E-state index contributed by atoms with van der Waals surface area (Å²) >= 11 is 1.44. The molecule has 1 N–H and O–H groups in total. The highest BCUT2D eigenvalue weighted by Crippen LogP contribution is 2.39. The van der Waals surface area contributed by atoms with Crippen molar-refractivity contribution in [3.05, 3.63) is 48.0 Å². The Morgan fingerprint density at radius 1 is 1.12 bits per heavy atom. The third kappa shape index (κ3) is 4.71. The van der Waals surface area contributed by atoms with E-state index in [1.165, 1.54) is 36.6 Å². The van der Waals surface area contributed by atoms with Crippen molar-refractivity contribution >= 4 is 23.4 Å². The summed E-state index contributed by atoms with van der Waals surface area (Å²) in [6.45, 7) is 4.61. The Morgan fingerprint density at radius 2 is 1.97 bits per heavy atom. The van der Waals surface area contributed by atoms with Gasteiger partial charge in [0.2, 0.25) is 12.7 Å². The number of nitrogens with zero attached hydrogens (tertiary/aromatic N) is 3. The first-order chi connectivity index (χ1) is 16.1. The summed E-state index contributed by atoms with van der Waals surface area (Å²) in [4.78, 5) is 12.7. The number of hydrogen-bond donors (Lipinski definition) is 1. The molecule has 0 radical (unpaired) electrons. The number of carbonyl (C=O) groups is 1. The molecule has 2 heterocycles. The van der Waals surface area contributed by atoms with Crippen molar-refractivity contribution in [3.63, 3.8) is 0 Å². The average molecular weight is 465 g/mol. The molecular weight excluding hydrogens is 436 g/mol. The van der Waals surface area contributed by atoms with Gasteiger partial charge in [0.25, 0.3) is 0 Å². The smallest absolute Gasteiger partial charge is 0.234 e. The molecule has 1 aromatic heterocycles. The number of aromatic nitrogens is 3. The maximum Gasteiger partial charge on any atom is 0.234 e. The Morgan fingerprint density at radius 3 is 2.82 bits per heavy atom. The van der Waals surface area contributed by atoms with E-state index in [0.717, 1.165) is 23.0 Å². The lowest BCUT2D eigenvalue weighted by Crippen LogP contribution is -2.23. The van der Waals surface area contributed by atoms with Gasteiger partial charge in [0.15, 0.2) is 22.5 Å². The predicted octanol–water partition coefficient (Wildman–Crippen LogP) is 5.46. The van der Waals surface area contributed by atoms with Gasteiger partial charge in [-0.1, -0.05) is 55.3 Å². The van der Waals surface area contributed by atoms with Crippen LogP contribution in [-0.4, -0.2) is 33.2 Å². The van der Waals surface area contributed by atoms with E-state index in [0.29, 0.717) is 29.1 Å². The molecule has 2 atom stereocenters. The van der Waals surface area contributed by atoms with Crippen LogP contribution in [0.3, 0.4) is 0 Å². The van der Waals surface area contributed by atoms with Gasteiger partial charge in [-0.25, -0.2) is 0 Å². The number of benzene rings is 2. The van der Waals surface area contributed by atoms with Gasteiger partial charge in [-0.05, 0) is 43.9 Å². The number of rotatable bonds is 6. The zero-order valence-corrected chi connectivity index (χ0v) is 19.7. The fourth-order valence-corrected chi connectivity index (χ4v) is 5.43. The minimum Gasteiger partial charge on any atom is -0.454 e. The second kappa shape index (κ2) is 9.47. The van der Waals surface area contributed by atoms with E-state index in [4.69, 9.17) is 9.47 Å². The molecule has 0 saturated heterocycles. The Bertz CT molecular complexity index is 1160. The van der Waals surface area contributed by atoms with Gasteiger partial charge in [0.1, 0.15) is 0 Å². The third-order valence-electron chi connectivity index (χ3n) is 6.33. The normalized spacial score (nSPS) is 19.5. The first-order valence-electron chi connectivity index (χ1n) is 11.4. The topological polar surface area (TPSA) is 78.3 Å². The molecule has 1 aliphatic heterocycles. The van der Waals surface area contributed by atoms with Crippen LogP contribution in [0.15, 0.2) is 47.6 Å². The summed E-state index contributed by atoms with van der Waals surface area (Å²) in [6.07, 6.45) is 4.77. The molecule has 7 nitrogen and oxygen atoms in total. The summed E-state index contributed by atoms with van der Waals surface area (Å²) in [5.41, 5.74) is 2.95. The van der Waals surface area contributed by atoms with Crippen LogP contribution in [0.5, 0.6) is 11.5 Å². The number of aryl methyl sites for hydroxylation is 1. The molecule has 33 heavy (non-hydrogen) atoms. The summed E-state index contributed by atoms with van der Waals surface area (Å²) in [5.74, 6) is 2.93. The molecular formula is C25H28N4O3S.